The van der Waals surface area contributed by atoms with Gasteiger partial charge in [0.05, 0.1) is 6.07 Å². The predicted octanol–water partition coefficient (Wildman–Crippen LogP) is 1.77. The lowest BCUT2D eigenvalue weighted by molar-refractivity contribution is -0.389. The maximum atomic E-state index is 11.9. The SMILES string of the molecule is O=C(NC1CC12CCCCC2)c1cc([N+](=O)[O-])[nH]n1. The van der Waals surface area contributed by atoms with Gasteiger partial charge in [0.15, 0.2) is 5.69 Å². The summed E-state index contributed by atoms with van der Waals surface area (Å²) in [4.78, 5) is 21.9. The van der Waals surface area contributed by atoms with E-state index in [1.54, 1.807) is 0 Å². The topological polar surface area (TPSA) is 101 Å². The zero-order valence-corrected chi connectivity index (χ0v) is 10.5. The molecule has 2 saturated carbocycles. The van der Waals surface area contributed by atoms with E-state index in [1.807, 2.05) is 0 Å². The van der Waals surface area contributed by atoms with Crippen molar-refractivity contribution in [2.24, 2.45) is 5.41 Å². The van der Waals surface area contributed by atoms with Crippen molar-refractivity contribution in [1.29, 1.82) is 0 Å². The first-order valence-corrected chi connectivity index (χ1v) is 6.61. The van der Waals surface area contributed by atoms with Crippen molar-refractivity contribution < 1.29 is 9.72 Å². The fraction of sp³-hybridized carbons (Fsp3) is 0.667. The lowest BCUT2D eigenvalue weighted by Gasteiger charge is -2.22. The zero-order chi connectivity index (χ0) is 13.5. The largest absolute Gasteiger partial charge is 0.358 e. The Morgan fingerprint density at radius 2 is 2.21 bits per heavy atom. The minimum Gasteiger partial charge on any atom is -0.358 e. The summed E-state index contributed by atoms with van der Waals surface area (Å²) in [6.07, 6.45) is 7.15. The van der Waals surface area contributed by atoms with Gasteiger partial charge in [-0.15, -0.1) is 5.10 Å². The summed E-state index contributed by atoms with van der Waals surface area (Å²) in [7, 11) is 0. The molecule has 1 aromatic rings. The Morgan fingerprint density at radius 3 is 2.84 bits per heavy atom. The lowest BCUT2D eigenvalue weighted by atomic mass is 9.86. The number of hydrogen-bond donors (Lipinski definition) is 2. The van der Waals surface area contributed by atoms with Crippen LogP contribution in [-0.4, -0.2) is 27.1 Å². The van der Waals surface area contributed by atoms with Crippen LogP contribution in [0.25, 0.3) is 0 Å². The fourth-order valence-electron chi connectivity index (χ4n) is 3.11. The van der Waals surface area contributed by atoms with Crippen LogP contribution in [0.5, 0.6) is 0 Å². The molecule has 7 nitrogen and oxygen atoms in total. The minimum atomic E-state index is -0.594. The zero-order valence-electron chi connectivity index (χ0n) is 10.5. The number of nitrogens with one attached hydrogen (secondary N) is 2. The van der Waals surface area contributed by atoms with Gasteiger partial charge >= 0.3 is 5.82 Å². The molecule has 1 heterocycles. The maximum Gasteiger partial charge on any atom is 0.343 e. The Balaban J connectivity index is 1.61. The molecule has 1 atom stereocenters. The molecule has 0 aliphatic heterocycles. The van der Waals surface area contributed by atoms with Gasteiger partial charge in [0.2, 0.25) is 0 Å². The van der Waals surface area contributed by atoms with Crippen LogP contribution in [0.1, 0.15) is 49.0 Å². The van der Waals surface area contributed by atoms with Crippen LogP contribution in [0.3, 0.4) is 0 Å². The van der Waals surface area contributed by atoms with Crippen molar-refractivity contribution >= 4 is 11.7 Å². The fourth-order valence-corrected chi connectivity index (χ4v) is 3.11. The third kappa shape index (κ3) is 2.20. The number of H-pyrrole nitrogens is 1. The molecule has 1 unspecified atom stereocenters. The number of carbonyl (C=O) groups is 1. The van der Waals surface area contributed by atoms with E-state index in [4.69, 9.17) is 0 Å². The van der Waals surface area contributed by atoms with Gasteiger partial charge in [-0.2, -0.15) is 0 Å². The molecular formula is C12H16N4O3. The van der Waals surface area contributed by atoms with Crippen LogP contribution >= 0.6 is 0 Å². The van der Waals surface area contributed by atoms with E-state index in [9.17, 15) is 14.9 Å². The average molecular weight is 264 g/mol. The highest BCUT2D eigenvalue weighted by Gasteiger charge is 2.54. The Hall–Kier alpha value is -1.92. The normalized spacial score (nSPS) is 24.1. The highest BCUT2D eigenvalue weighted by atomic mass is 16.6. The quantitative estimate of drug-likeness (QED) is 0.641. The van der Waals surface area contributed by atoms with Crippen LogP contribution in [0, 0.1) is 15.5 Å². The van der Waals surface area contributed by atoms with E-state index >= 15 is 0 Å². The smallest absolute Gasteiger partial charge is 0.343 e. The highest BCUT2D eigenvalue weighted by molar-refractivity contribution is 5.93. The van der Waals surface area contributed by atoms with Gasteiger partial charge in [-0.3, -0.25) is 4.79 Å². The molecule has 0 saturated heterocycles. The summed E-state index contributed by atoms with van der Waals surface area (Å²) < 4.78 is 0. The van der Waals surface area contributed by atoms with E-state index in [-0.39, 0.29) is 23.5 Å². The molecule has 0 aromatic carbocycles. The number of rotatable bonds is 3. The van der Waals surface area contributed by atoms with Crippen LogP contribution in [-0.2, 0) is 0 Å². The van der Waals surface area contributed by atoms with Gasteiger partial charge in [-0.05, 0) is 29.6 Å². The molecule has 2 aliphatic rings. The van der Waals surface area contributed by atoms with Gasteiger partial charge in [-0.1, -0.05) is 24.4 Å². The van der Waals surface area contributed by atoms with E-state index in [0.29, 0.717) is 5.41 Å². The number of amides is 1. The molecule has 2 fully saturated rings. The van der Waals surface area contributed by atoms with Crippen molar-refractivity contribution in [3.63, 3.8) is 0 Å². The standard InChI is InChI=1S/C12H16N4O3/c17-11(8-6-10(15-14-8)16(18)19)13-9-7-12(9)4-2-1-3-5-12/h6,9H,1-5,7H2,(H,13,17)(H,14,15). The summed E-state index contributed by atoms with van der Waals surface area (Å²) in [6, 6.07) is 1.39. The van der Waals surface area contributed by atoms with Gasteiger partial charge < -0.3 is 15.4 Å². The Kier molecular flexibility index (Phi) is 2.76. The Bertz CT molecular complexity index is 519. The van der Waals surface area contributed by atoms with Crippen molar-refractivity contribution in [3.8, 4) is 0 Å². The number of nitro groups is 1. The van der Waals surface area contributed by atoms with Crippen molar-refractivity contribution in [2.75, 3.05) is 0 Å². The first kappa shape index (κ1) is 12.1. The molecule has 7 heteroatoms. The second-order valence-electron chi connectivity index (χ2n) is 5.55. The first-order chi connectivity index (χ1) is 9.11. The van der Waals surface area contributed by atoms with Gasteiger partial charge in [-0.25, -0.2) is 0 Å². The molecule has 19 heavy (non-hydrogen) atoms. The molecule has 2 N–H and O–H groups in total. The van der Waals surface area contributed by atoms with Crippen molar-refractivity contribution in [2.45, 2.75) is 44.6 Å². The number of aromatic nitrogens is 2. The van der Waals surface area contributed by atoms with Crippen molar-refractivity contribution in [3.05, 3.63) is 21.9 Å². The van der Waals surface area contributed by atoms with Gasteiger partial charge in [0.25, 0.3) is 5.91 Å². The third-order valence-corrected chi connectivity index (χ3v) is 4.34. The van der Waals surface area contributed by atoms with E-state index < -0.39 is 4.92 Å². The molecule has 1 spiro atoms. The summed E-state index contributed by atoms with van der Waals surface area (Å²) in [5.74, 6) is -0.579. The maximum absolute atomic E-state index is 11.9. The van der Waals surface area contributed by atoms with Crippen LogP contribution in [0.2, 0.25) is 0 Å². The second kappa shape index (κ2) is 4.32. The van der Waals surface area contributed by atoms with E-state index in [0.717, 1.165) is 6.42 Å². The number of nitrogens with zero attached hydrogens (tertiary/aromatic N) is 2. The predicted molar refractivity (Wildman–Crippen MR) is 66.6 cm³/mol. The number of hydrogen-bond acceptors (Lipinski definition) is 4. The average Bonchev–Trinajstić information content (AvgIpc) is 2.86. The summed E-state index contributed by atoms with van der Waals surface area (Å²) in [5, 5.41) is 19.4. The Morgan fingerprint density at radius 1 is 1.47 bits per heavy atom. The number of aromatic amines is 1. The summed E-state index contributed by atoms with van der Waals surface area (Å²) in [6.45, 7) is 0. The number of carbonyl (C=O) groups excluding carboxylic acids is 1. The molecule has 2 aliphatic carbocycles. The molecule has 3 rings (SSSR count). The Labute approximate surface area is 109 Å². The molecular weight excluding hydrogens is 248 g/mol. The van der Waals surface area contributed by atoms with Gasteiger partial charge in [0, 0.05) is 6.04 Å². The van der Waals surface area contributed by atoms with Crippen LogP contribution in [0.15, 0.2) is 6.07 Å². The molecule has 0 radical (unpaired) electrons. The van der Waals surface area contributed by atoms with Crippen LogP contribution < -0.4 is 5.32 Å². The molecule has 1 aromatic heterocycles. The molecule has 102 valence electrons. The van der Waals surface area contributed by atoms with E-state index in [1.165, 1.54) is 38.2 Å². The minimum absolute atomic E-state index is 0.0876. The molecule has 0 bridgehead atoms. The summed E-state index contributed by atoms with van der Waals surface area (Å²) >= 11 is 0. The first-order valence-electron chi connectivity index (χ1n) is 6.61. The third-order valence-electron chi connectivity index (χ3n) is 4.34. The van der Waals surface area contributed by atoms with Crippen molar-refractivity contribution in [1.82, 2.24) is 15.5 Å². The monoisotopic (exact) mass is 264 g/mol. The lowest BCUT2D eigenvalue weighted by Crippen LogP contribution is -2.30. The van der Waals surface area contributed by atoms with Crippen LogP contribution in [0.4, 0.5) is 5.82 Å². The highest BCUT2D eigenvalue weighted by Crippen LogP contribution is 2.56. The van der Waals surface area contributed by atoms with E-state index in [2.05, 4.69) is 15.5 Å². The molecule has 1 amide bonds. The summed E-state index contributed by atoms with van der Waals surface area (Å²) in [5.41, 5.74) is 0.389. The second-order valence-corrected chi connectivity index (χ2v) is 5.55. The van der Waals surface area contributed by atoms with Gasteiger partial charge in [0.1, 0.15) is 0 Å².